The molecule has 0 aliphatic carbocycles. The van der Waals surface area contributed by atoms with Crippen molar-refractivity contribution in [2.75, 3.05) is 30.3 Å². The van der Waals surface area contributed by atoms with Crippen molar-refractivity contribution < 1.29 is 22.8 Å². The highest BCUT2D eigenvalue weighted by Crippen LogP contribution is 2.30. The van der Waals surface area contributed by atoms with Crippen LogP contribution in [0.25, 0.3) is 11.1 Å². The van der Waals surface area contributed by atoms with Gasteiger partial charge in [-0.15, -0.1) is 0 Å². The maximum atomic E-state index is 12.9. The number of aromatic amines is 1. The van der Waals surface area contributed by atoms with Crippen LogP contribution in [0.4, 0.5) is 29.5 Å². The van der Waals surface area contributed by atoms with E-state index in [0.29, 0.717) is 42.1 Å². The van der Waals surface area contributed by atoms with Crippen molar-refractivity contribution in [3.63, 3.8) is 0 Å². The Kier molecular flexibility index (Phi) is 7.71. The fourth-order valence-electron chi connectivity index (χ4n) is 3.90. The molecule has 38 heavy (non-hydrogen) atoms. The first-order valence-electron chi connectivity index (χ1n) is 11.4. The van der Waals surface area contributed by atoms with E-state index in [1.807, 2.05) is 11.0 Å². The molecule has 3 aromatic rings. The van der Waals surface area contributed by atoms with Crippen molar-refractivity contribution in [1.29, 1.82) is 5.41 Å². The number of pyridine rings is 1. The molecule has 1 aromatic carbocycles. The smallest absolute Gasteiger partial charge is 0.390 e. The average molecular weight is 528 g/mol. The molecule has 0 atom stereocenters. The van der Waals surface area contributed by atoms with E-state index in [1.54, 1.807) is 24.3 Å². The molecular formula is C24H24F3N9O2. The van der Waals surface area contributed by atoms with E-state index in [4.69, 9.17) is 11.1 Å². The lowest BCUT2D eigenvalue weighted by Crippen LogP contribution is -2.47. The number of piperazine rings is 1. The van der Waals surface area contributed by atoms with Gasteiger partial charge in [0.2, 0.25) is 5.91 Å². The molecule has 14 heteroatoms. The molecule has 3 heterocycles. The van der Waals surface area contributed by atoms with E-state index < -0.39 is 17.8 Å². The predicted molar refractivity (Wildman–Crippen MR) is 136 cm³/mol. The highest BCUT2D eigenvalue weighted by Gasteiger charge is 2.30. The molecule has 0 saturated carbocycles. The minimum atomic E-state index is -4.56. The number of amides is 3. The maximum Gasteiger partial charge on any atom is 0.416 e. The molecule has 0 bridgehead atoms. The fourth-order valence-corrected chi connectivity index (χ4v) is 3.90. The van der Waals surface area contributed by atoms with Crippen LogP contribution in [0.15, 0.2) is 53.7 Å². The number of urea groups is 1. The second kappa shape index (κ2) is 11.1. The van der Waals surface area contributed by atoms with Crippen molar-refractivity contribution in [3.8, 4) is 11.1 Å². The monoisotopic (exact) mass is 527 g/mol. The summed E-state index contributed by atoms with van der Waals surface area (Å²) in [5.41, 5.74) is 7.40. The summed E-state index contributed by atoms with van der Waals surface area (Å²) in [6.07, 6.45) is -2.58. The number of amidine groups is 1. The van der Waals surface area contributed by atoms with Crippen LogP contribution in [0.1, 0.15) is 17.0 Å². The average Bonchev–Trinajstić information content (AvgIpc) is 3.28. The largest absolute Gasteiger partial charge is 0.416 e. The van der Waals surface area contributed by atoms with Gasteiger partial charge >= 0.3 is 12.2 Å². The van der Waals surface area contributed by atoms with Gasteiger partial charge in [0, 0.05) is 42.8 Å². The van der Waals surface area contributed by atoms with Crippen LogP contribution < -0.4 is 21.7 Å². The van der Waals surface area contributed by atoms with Gasteiger partial charge in [-0.3, -0.25) is 20.4 Å². The first-order chi connectivity index (χ1) is 18.1. The van der Waals surface area contributed by atoms with Crippen LogP contribution in [-0.4, -0.2) is 58.6 Å². The minimum absolute atomic E-state index is 0.0558. The lowest BCUT2D eigenvalue weighted by atomic mass is 10.0. The molecule has 1 aliphatic heterocycles. The van der Waals surface area contributed by atoms with Crippen LogP contribution in [-0.2, 0) is 17.5 Å². The Morgan fingerprint density at radius 2 is 1.97 bits per heavy atom. The summed E-state index contributed by atoms with van der Waals surface area (Å²) in [6.45, 7) is 1.97. The molecule has 3 amide bonds. The Bertz CT molecular complexity index is 1370. The maximum absolute atomic E-state index is 12.9. The lowest BCUT2D eigenvalue weighted by Gasteiger charge is -2.25. The molecule has 11 nitrogen and oxygen atoms in total. The van der Waals surface area contributed by atoms with Crippen molar-refractivity contribution in [2.45, 2.75) is 12.7 Å². The van der Waals surface area contributed by atoms with E-state index in [2.05, 4.69) is 30.9 Å². The summed E-state index contributed by atoms with van der Waals surface area (Å²) in [6, 6.07) is 9.28. The number of carbonyl (C=O) groups is 2. The molecular weight excluding hydrogens is 503 g/mol. The first kappa shape index (κ1) is 26.3. The Morgan fingerprint density at radius 3 is 2.66 bits per heavy atom. The number of aliphatic imine (C=N–C) groups is 1. The fraction of sp³-hybridized carbons (Fsp3) is 0.208. The van der Waals surface area contributed by atoms with E-state index >= 15 is 0 Å². The van der Waals surface area contributed by atoms with E-state index in [0.717, 1.165) is 30.4 Å². The Balaban J connectivity index is 1.48. The van der Waals surface area contributed by atoms with Crippen LogP contribution in [0.2, 0.25) is 0 Å². The van der Waals surface area contributed by atoms with Crippen LogP contribution >= 0.6 is 0 Å². The standard InChI is InChI=1S/C24H24F3N9O2/c25-24(26,27)15-5-6-30-19(9-15)35-23(38)34-16-3-1-14(2-4-16)18-10-17(33-21(18)22(29)32-13-28)11-36-8-7-31-20(37)12-36/h1-6,9-10,13,33H,7-8,11-12H2,(H,31,37)(H3,28,29,32)(H2,30,34,35,38). The Hall–Kier alpha value is -4.72. The molecule has 0 spiro atoms. The van der Waals surface area contributed by atoms with Crippen molar-refractivity contribution >= 4 is 35.6 Å². The molecule has 1 aliphatic rings. The van der Waals surface area contributed by atoms with Gasteiger partial charge in [-0.05, 0) is 35.9 Å². The predicted octanol–water partition coefficient (Wildman–Crippen LogP) is 2.98. The zero-order valence-corrected chi connectivity index (χ0v) is 19.9. The number of hydrogen-bond donors (Lipinski definition) is 6. The van der Waals surface area contributed by atoms with Gasteiger partial charge in [0.15, 0.2) is 5.84 Å². The molecule has 7 N–H and O–H groups in total. The van der Waals surface area contributed by atoms with Gasteiger partial charge in [0.1, 0.15) is 5.82 Å². The molecule has 198 valence electrons. The SMILES string of the molecule is N=C(N=CN)c1[nH]c(CN2CCNC(=O)C2)cc1-c1ccc(NC(=O)Nc2cc(C(F)(F)F)ccn2)cc1. The third-order valence-electron chi connectivity index (χ3n) is 5.61. The molecule has 1 fully saturated rings. The number of benzene rings is 1. The number of hydrogen-bond acceptors (Lipinski definition) is 5. The summed E-state index contributed by atoms with van der Waals surface area (Å²) in [4.78, 5) is 36.7. The topological polar surface area (TPSA) is 164 Å². The number of nitrogens with zero attached hydrogens (tertiary/aromatic N) is 3. The molecule has 0 radical (unpaired) electrons. The highest BCUT2D eigenvalue weighted by atomic mass is 19.4. The lowest BCUT2D eigenvalue weighted by molar-refractivity contribution is -0.137. The number of anilines is 2. The van der Waals surface area contributed by atoms with E-state index in [-0.39, 0.29) is 24.1 Å². The number of rotatable bonds is 6. The van der Waals surface area contributed by atoms with Crippen LogP contribution in [0.5, 0.6) is 0 Å². The number of halogens is 3. The summed E-state index contributed by atoms with van der Waals surface area (Å²) in [7, 11) is 0. The van der Waals surface area contributed by atoms with Crippen LogP contribution in [0, 0.1) is 5.41 Å². The van der Waals surface area contributed by atoms with Gasteiger partial charge in [-0.25, -0.2) is 14.8 Å². The number of H-pyrrole nitrogens is 1. The summed E-state index contributed by atoms with van der Waals surface area (Å²) in [5, 5.41) is 15.8. The summed E-state index contributed by atoms with van der Waals surface area (Å²) in [5.74, 6) is -0.386. The van der Waals surface area contributed by atoms with E-state index in [1.165, 1.54) is 0 Å². The minimum Gasteiger partial charge on any atom is -0.390 e. The Labute approximate surface area is 214 Å². The normalized spacial score (nSPS) is 14.3. The van der Waals surface area contributed by atoms with Gasteiger partial charge in [0.05, 0.1) is 24.1 Å². The zero-order chi connectivity index (χ0) is 27.3. The summed E-state index contributed by atoms with van der Waals surface area (Å²) >= 11 is 0. The third-order valence-corrected chi connectivity index (χ3v) is 5.61. The van der Waals surface area contributed by atoms with Crippen LogP contribution in [0.3, 0.4) is 0 Å². The molecule has 0 unspecified atom stereocenters. The van der Waals surface area contributed by atoms with Gasteiger partial charge in [-0.1, -0.05) is 12.1 Å². The molecule has 1 saturated heterocycles. The van der Waals surface area contributed by atoms with Gasteiger partial charge in [0.25, 0.3) is 0 Å². The number of nitrogens with one attached hydrogen (secondary N) is 5. The second-order valence-electron chi connectivity index (χ2n) is 8.35. The van der Waals surface area contributed by atoms with Gasteiger partial charge in [-0.2, -0.15) is 13.2 Å². The van der Waals surface area contributed by atoms with E-state index in [9.17, 15) is 22.8 Å². The summed E-state index contributed by atoms with van der Waals surface area (Å²) < 4.78 is 38.6. The van der Waals surface area contributed by atoms with Crippen molar-refractivity contribution in [3.05, 3.63) is 65.6 Å². The quantitative estimate of drug-likeness (QED) is 0.214. The molecule has 4 rings (SSSR count). The number of aromatic nitrogens is 2. The highest BCUT2D eigenvalue weighted by molar-refractivity contribution is 6.04. The second-order valence-corrected chi connectivity index (χ2v) is 8.35. The number of alkyl halides is 3. The van der Waals surface area contributed by atoms with Crippen molar-refractivity contribution in [2.24, 2.45) is 10.7 Å². The molecule has 2 aromatic heterocycles. The number of nitrogens with two attached hydrogens (primary N) is 1. The zero-order valence-electron chi connectivity index (χ0n) is 19.9. The third kappa shape index (κ3) is 6.53. The van der Waals surface area contributed by atoms with Crippen molar-refractivity contribution in [1.82, 2.24) is 20.2 Å². The first-order valence-corrected chi connectivity index (χ1v) is 11.4. The number of carbonyl (C=O) groups excluding carboxylic acids is 2. The Morgan fingerprint density at radius 1 is 1.21 bits per heavy atom. The van der Waals surface area contributed by atoms with Gasteiger partial charge < -0.3 is 21.4 Å².